The van der Waals surface area contributed by atoms with Gasteiger partial charge in [-0.15, -0.1) is 0 Å². The van der Waals surface area contributed by atoms with Gasteiger partial charge in [-0.25, -0.2) is 4.90 Å². The second-order valence-corrected chi connectivity index (χ2v) is 15.7. The molecule has 1 N–H and O–H groups in total. The number of hydrogen-bond donors (Lipinski definition) is 1. The number of nitrogens with zero attached hydrogens (tertiary/aromatic N) is 2. The number of halogens is 1. The van der Waals surface area contributed by atoms with Crippen LogP contribution in [0, 0.1) is 23.7 Å². The van der Waals surface area contributed by atoms with Gasteiger partial charge in [-0.3, -0.25) is 24.1 Å². The van der Waals surface area contributed by atoms with Gasteiger partial charge in [0, 0.05) is 16.5 Å². The number of anilines is 2. The van der Waals surface area contributed by atoms with Crippen molar-refractivity contribution in [1.82, 2.24) is 0 Å². The maximum absolute atomic E-state index is 15.4. The molecule has 2 aliphatic carbocycles. The van der Waals surface area contributed by atoms with E-state index < -0.39 is 46.8 Å². The Morgan fingerprint density at radius 2 is 1.50 bits per heavy atom. The van der Waals surface area contributed by atoms with Crippen molar-refractivity contribution in [2.75, 3.05) is 24.0 Å². The molecule has 9 nitrogen and oxygen atoms in total. The maximum atomic E-state index is 15.4. The first-order valence-electron chi connectivity index (χ1n) is 19.2. The Hall–Kier alpha value is -6.45. The van der Waals surface area contributed by atoms with Crippen LogP contribution in [0.5, 0.6) is 17.2 Å². The number of fused-ring (bicyclic) bond motifs is 4. The van der Waals surface area contributed by atoms with E-state index in [9.17, 15) is 19.5 Å². The van der Waals surface area contributed by atoms with Crippen LogP contribution in [0.3, 0.4) is 0 Å². The third kappa shape index (κ3) is 5.75. The Kier molecular flexibility index (Phi) is 9.28. The summed E-state index contributed by atoms with van der Waals surface area (Å²) in [4.78, 5) is 61.9. The maximum Gasteiger partial charge on any atom is 0.246 e. The standard InChI is InChI=1S/C48H39ClN2O7/c1-57-36-20-23-41(58-2)29(25-36)17-14-28-15-18-33(19-16-28)50-44(53)38-22-21-37-39(42(38)46(50)55)27-40-45(54)51(34-12-7-11-32(49)26-34)47(56)48(40,31-9-4-3-5-10-31)43(37)30-8-6-13-35(52)24-30/h3-21,23-26,38-40,42-43,52H,22,27H2,1-2H3/t38-,39+,40-,42-,43-,48+/m0/s1. The van der Waals surface area contributed by atoms with Gasteiger partial charge >= 0.3 is 0 Å². The summed E-state index contributed by atoms with van der Waals surface area (Å²) in [5.41, 5.74) is 3.19. The van der Waals surface area contributed by atoms with Crippen LogP contribution < -0.4 is 19.3 Å². The minimum atomic E-state index is -1.42. The van der Waals surface area contributed by atoms with Crippen molar-refractivity contribution < 1.29 is 33.8 Å². The molecular formula is C48H39ClN2O7. The van der Waals surface area contributed by atoms with E-state index in [0.717, 1.165) is 16.7 Å². The number of hydrogen-bond acceptors (Lipinski definition) is 7. The van der Waals surface area contributed by atoms with E-state index in [4.69, 9.17) is 21.1 Å². The van der Waals surface area contributed by atoms with Crippen molar-refractivity contribution in [2.45, 2.75) is 24.2 Å². The number of carbonyl (C=O) groups excluding carboxylic acids is 4. The molecule has 6 atom stereocenters. The molecule has 0 aromatic heterocycles. The summed E-state index contributed by atoms with van der Waals surface area (Å²) in [7, 11) is 3.21. The number of carbonyl (C=O) groups is 4. The molecule has 1 saturated carbocycles. The molecule has 10 heteroatoms. The summed E-state index contributed by atoms with van der Waals surface area (Å²) < 4.78 is 10.9. The monoisotopic (exact) mass is 790 g/mol. The second-order valence-electron chi connectivity index (χ2n) is 15.2. The Morgan fingerprint density at radius 3 is 2.22 bits per heavy atom. The lowest BCUT2D eigenvalue weighted by Gasteiger charge is -2.50. The number of methoxy groups -OCH3 is 2. The van der Waals surface area contributed by atoms with E-state index in [1.165, 1.54) is 9.80 Å². The number of aromatic hydroxyl groups is 1. The molecular weight excluding hydrogens is 752 g/mol. The molecule has 2 saturated heterocycles. The molecule has 9 rings (SSSR count). The van der Waals surface area contributed by atoms with Crippen LogP contribution in [0.25, 0.3) is 12.2 Å². The van der Waals surface area contributed by atoms with E-state index >= 15 is 4.79 Å². The first-order valence-corrected chi connectivity index (χ1v) is 19.6. The third-order valence-corrected chi connectivity index (χ3v) is 12.6. The predicted molar refractivity (Wildman–Crippen MR) is 222 cm³/mol. The van der Waals surface area contributed by atoms with Crippen molar-refractivity contribution in [2.24, 2.45) is 23.7 Å². The van der Waals surface area contributed by atoms with Gasteiger partial charge in [-0.2, -0.15) is 0 Å². The highest BCUT2D eigenvalue weighted by molar-refractivity contribution is 6.32. The SMILES string of the molecule is COc1ccc(OC)c(C=Cc2ccc(N3C(=O)[C@H]4[C@H](CC=C5[C@H]4C[C@H]4C(=O)N(c6cccc(Cl)c6)C(=O)[C@@]4(c4ccccc4)[C@H]5c4cccc(O)c4)C3=O)cc2)c1. The zero-order valence-electron chi connectivity index (χ0n) is 31.7. The molecule has 58 heavy (non-hydrogen) atoms. The van der Waals surface area contributed by atoms with Crippen LogP contribution in [-0.4, -0.2) is 43.0 Å². The molecule has 4 aliphatic rings. The number of allylic oxidation sites excluding steroid dienone is 2. The predicted octanol–water partition coefficient (Wildman–Crippen LogP) is 8.60. The van der Waals surface area contributed by atoms with Gasteiger partial charge in [0.05, 0.1) is 48.8 Å². The van der Waals surface area contributed by atoms with Gasteiger partial charge in [0.1, 0.15) is 17.2 Å². The van der Waals surface area contributed by atoms with Crippen LogP contribution in [0.15, 0.2) is 133 Å². The Morgan fingerprint density at radius 1 is 0.724 bits per heavy atom. The molecule has 4 amide bonds. The van der Waals surface area contributed by atoms with Crippen molar-refractivity contribution in [3.8, 4) is 17.2 Å². The first-order chi connectivity index (χ1) is 28.1. The summed E-state index contributed by atoms with van der Waals surface area (Å²) in [6.07, 6.45) is 6.29. The summed E-state index contributed by atoms with van der Waals surface area (Å²) >= 11 is 6.42. The highest BCUT2D eigenvalue weighted by Crippen LogP contribution is 2.64. The molecule has 2 heterocycles. The topological polar surface area (TPSA) is 113 Å². The van der Waals surface area contributed by atoms with E-state index in [1.807, 2.05) is 85.0 Å². The molecule has 3 fully saturated rings. The Balaban J connectivity index is 1.11. The fraction of sp³-hybridized carbons (Fsp3) is 0.208. The molecule has 5 aromatic rings. The lowest BCUT2D eigenvalue weighted by atomic mass is 9.49. The minimum Gasteiger partial charge on any atom is -0.508 e. The third-order valence-electron chi connectivity index (χ3n) is 12.4. The summed E-state index contributed by atoms with van der Waals surface area (Å²) in [6, 6.07) is 35.6. The van der Waals surface area contributed by atoms with Crippen LogP contribution in [0.1, 0.15) is 41.0 Å². The average molecular weight is 791 g/mol. The highest BCUT2D eigenvalue weighted by atomic mass is 35.5. The van der Waals surface area contributed by atoms with Crippen molar-refractivity contribution in [1.29, 1.82) is 0 Å². The van der Waals surface area contributed by atoms with Gasteiger partial charge in [0.15, 0.2) is 0 Å². The quantitative estimate of drug-likeness (QED) is 0.0952. The smallest absolute Gasteiger partial charge is 0.246 e. The van der Waals surface area contributed by atoms with Crippen LogP contribution in [0.4, 0.5) is 11.4 Å². The number of ether oxygens (including phenoxy) is 2. The van der Waals surface area contributed by atoms with E-state index in [-0.39, 0.29) is 30.4 Å². The molecule has 0 bridgehead atoms. The lowest BCUT2D eigenvalue weighted by molar-refractivity contribution is -0.127. The van der Waals surface area contributed by atoms with E-state index in [0.29, 0.717) is 39.0 Å². The molecule has 2 aliphatic heterocycles. The molecule has 0 radical (unpaired) electrons. The fourth-order valence-corrected chi connectivity index (χ4v) is 10.2. The van der Waals surface area contributed by atoms with E-state index in [1.54, 1.807) is 68.8 Å². The first kappa shape index (κ1) is 37.1. The van der Waals surface area contributed by atoms with Crippen LogP contribution >= 0.6 is 11.6 Å². The Labute approximate surface area is 340 Å². The number of phenols is 1. The number of rotatable bonds is 8. The molecule has 0 spiro atoms. The zero-order valence-corrected chi connectivity index (χ0v) is 32.5. The molecule has 5 aromatic carbocycles. The summed E-state index contributed by atoms with van der Waals surface area (Å²) in [6.45, 7) is 0. The van der Waals surface area contributed by atoms with Gasteiger partial charge in [-0.1, -0.05) is 96.1 Å². The molecule has 290 valence electrons. The lowest BCUT2D eigenvalue weighted by Crippen LogP contribution is -2.53. The normalized spacial score (nSPS) is 25.1. The van der Waals surface area contributed by atoms with Crippen LogP contribution in [0.2, 0.25) is 5.02 Å². The largest absolute Gasteiger partial charge is 0.508 e. The fourth-order valence-electron chi connectivity index (χ4n) is 9.97. The number of benzene rings is 5. The van der Waals surface area contributed by atoms with Crippen molar-refractivity contribution in [3.05, 3.63) is 160 Å². The van der Waals surface area contributed by atoms with Crippen molar-refractivity contribution >= 4 is 58.8 Å². The number of phenolic OH excluding ortho intramolecular Hbond substituents is 1. The van der Waals surface area contributed by atoms with Gasteiger partial charge < -0.3 is 14.6 Å². The number of amides is 4. The Bertz CT molecular complexity index is 2550. The van der Waals surface area contributed by atoms with Crippen molar-refractivity contribution in [3.63, 3.8) is 0 Å². The van der Waals surface area contributed by atoms with Gasteiger partial charge in [-0.05, 0) is 96.1 Å². The highest BCUT2D eigenvalue weighted by Gasteiger charge is 2.70. The number of imide groups is 2. The van der Waals surface area contributed by atoms with Gasteiger partial charge in [0.2, 0.25) is 23.6 Å². The summed E-state index contributed by atoms with van der Waals surface area (Å²) in [5, 5.41) is 11.2. The average Bonchev–Trinajstić information content (AvgIpc) is 3.63. The second kappa shape index (κ2) is 14.5. The minimum absolute atomic E-state index is 0.0105. The van der Waals surface area contributed by atoms with E-state index in [2.05, 4.69) is 0 Å². The zero-order chi connectivity index (χ0) is 40.3. The molecule has 0 unspecified atom stereocenters. The summed E-state index contributed by atoms with van der Waals surface area (Å²) in [5.74, 6) is -3.62. The van der Waals surface area contributed by atoms with Crippen LogP contribution in [-0.2, 0) is 24.6 Å². The van der Waals surface area contributed by atoms with Gasteiger partial charge in [0.25, 0.3) is 0 Å².